The molecule has 1 heterocycles. The number of aromatic nitrogens is 1. The standard InChI is InChI=1S/C15H19N3O2S/c1-12(13-6-4-3-5-7-13)11-18-21(19,20)14-8-9-17-15(10-14)16-2/h3-10,12,18H,11H2,1-2H3,(H,16,17). The lowest BCUT2D eigenvalue weighted by atomic mass is 10.0. The first-order valence-electron chi connectivity index (χ1n) is 6.71. The van der Waals surface area contributed by atoms with Crippen molar-refractivity contribution in [1.29, 1.82) is 0 Å². The second-order valence-electron chi connectivity index (χ2n) is 4.79. The van der Waals surface area contributed by atoms with Gasteiger partial charge < -0.3 is 5.32 Å². The van der Waals surface area contributed by atoms with E-state index < -0.39 is 10.0 Å². The highest BCUT2D eigenvalue weighted by atomic mass is 32.2. The quantitative estimate of drug-likeness (QED) is 0.858. The Kier molecular flexibility index (Phi) is 4.93. The van der Waals surface area contributed by atoms with Gasteiger partial charge in [-0.15, -0.1) is 0 Å². The van der Waals surface area contributed by atoms with E-state index in [1.165, 1.54) is 18.3 Å². The van der Waals surface area contributed by atoms with E-state index in [1.807, 2.05) is 37.3 Å². The van der Waals surface area contributed by atoms with E-state index in [9.17, 15) is 8.42 Å². The van der Waals surface area contributed by atoms with Gasteiger partial charge in [-0.05, 0) is 17.5 Å². The van der Waals surface area contributed by atoms with Gasteiger partial charge in [0.15, 0.2) is 0 Å². The van der Waals surface area contributed by atoms with E-state index in [0.717, 1.165) is 5.56 Å². The van der Waals surface area contributed by atoms with Crippen LogP contribution in [0.3, 0.4) is 0 Å². The lowest BCUT2D eigenvalue weighted by molar-refractivity contribution is 0.575. The molecule has 0 radical (unpaired) electrons. The highest BCUT2D eigenvalue weighted by Gasteiger charge is 2.16. The molecule has 5 nitrogen and oxygen atoms in total. The molecule has 0 aliphatic heterocycles. The van der Waals surface area contributed by atoms with Gasteiger partial charge in [-0.2, -0.15) is 0 Å². The molecular formula is C15H19N3O2S. The van der Waals surface area contributed by atoms with Gasteiger partial charge in [-0.3, -0.25) is 0 Å². The molecule has 1 unspecified atom stereocenters. The van der Waals surface area contributed by atoms with Crippen LogP contribution in [-0.4, -0.2) is 27.0 Å². The van der Waals surface area contributed by atoms with Crippen molar-refractivity contribution in [3.63, 3.8) is 0 Å². The van der Waals surface area contributed by atoms with Gasteiger partial charge in [0.2, 0.25) is 10.0 Å². The second-order valence-corrected chi connectivity index (χ2v) is 6.56. The average Bonchev–Trinajstić information content (AvgIpc) is 2.53. The van der Waals surface area contributed by atoms with E-state index in [2.05, 4.69) is 15.0 Å². The van der Waals surface area contributed by atoms with Crippen molar-refractivity contribution < 1.29 is 8.42 Å². The van der Waals surface area contributed by atoms with Crippen LogP contribution in [-0.2, 0) is 10.0 Å². The normalized spacial score (nSPS) is 12.9. The number of nitrogens with zero attached hydrogens (tertiary/aromatic N) is 1. The molecule has 1 atom stereocenters. The van der Waals surface area contributed by atoms with Gasteiger partial charge in [0, 0.05) is 25.9 Å². The minimum Gasteiger partial charge on any atom is -0.373 e. The molecule has 112 valence electrons. The number of anilines is 1. The van der Waals surface area contributed by atoms with Gasteiger partial charge in [0.1, 0.15) is 5.82 Å². The fourth-order valence-electron chi connectivity index (χ4n) is 1.93. The van der Waals surface area contributed by atoms with Crippen molar-refractivity contribution >= 4 is 15.8 Å². The Morgan fingerprint density at radius 3 is 2.57 bits per heavy atom. The Hall–Kier alpha value is -1.92. The van der Waals surface area contributed by atoms with Crippen molar-refractivity contribution in [1.82, 2.24) is 9.71 Å². The summed E-state index contributed by atoms with van der Waals surface area (Å²) >= 11 is 0. The summed E-state index contributed by atoms with van der Waals surface area (Å²) in [6.07, 6.45) is 1.47. The molecule has 0 aliphatic rings. The van der Waals surface area contributed by atoms with Gasteiger partial charge >= 0.3 is 0 Å². The van der Waals surface area contributed by atoms with Crippen molar-refractivity contribution in [3.05, 3.63) is 54.2 Å². The summed E-state index contributed by atoms with van der Waals surface area (Å²) in [6.45, 7) is 2.34. The number of sulfonamides is 1. The third kappa shape index (κ3) is 4.03. The summed E-state index contributed by atoms with van der Waals surface area (Å²) in [5.41, 5.74) is 1.10. The van der Waals surface area contributed by atoms with E-state index in [1.54, 1.807) is 7.05 Å². The maximum atomic E-state index is 12.3. The fraction of sp³-hybridized carbons (Fsp3) is 0.267. The van der Waals surface area contributed by atoms with Gasteiger partial charge in [-0.1, -0.05) is 37.3 Å². The van der Waals surface area contributed by atoms with Crippen molar-refractivity contribution in [2.24, 2.45) is 0 Å². The largest absolute Gasteiger partial charge is 0.373 e. The Balaban J connectivity index is 2.07. The first-order chi connectivity index (χ1) is 10.0. The second kappa shape index (κ2) is 6.69. The van der Waals surface area contributed by atoms with Crippen LogP contribution in [0.2, 0.25) is 0 Å². The van der Waals surface area contributed by atoms with Gasteiger partial charge in [-0.25, -0.2) is 18.1 Å². The molecule has 21 heavy (non-hydrogen) atoms. The van der Waals surface area contributed by atoms with E-state index in [4.69, 9.17) is 0 Å². The van der Waals surface area contributed by atoms with Crippen molar-refractivity contribution in [2.75, 3.05) is 18.9 Å². The molecule has 0 saturated carbocycles. The van der Waals surface area contributed by atoms with Crippen molar-refractivity contribution in [3.8, 4) is 0 Å². The zero-order valence-electron chi connectivity index (χ0n) is 12.1. The Bertz CT molecular complexity index is 687. The number of nitrogens with one attached hydrogen (secondary N) is 2. The molecule has 0 aliphatic carbocycles. The van der Waals surface area contributed by atoms with Gasteiger partial charge in [0.25, 0.3) is 0 Å². The number of benzene rings is 1. The van der Waals surface area contributed by atoms with E-state index >= 15 is 0 Å². The molecule has 2 rings (SSSR count). The smallest absolute Gasteiger partial charge is 0.240 e. The summed E-state index contributed by atoms with van der Waals surface area (Å²) in [6, 6.07) is 12.8. The predicted molar refractivity (Wildman–Crippen MR) is 83.8 cm³/mol. The minimum absolute atomic E-state index is 0.103. The monoisotopic (exact) mass is 305 g/mol. The van der Waals surface area contributed by atoms with Crippen LogP contribution in [0, 0.1) is 0 Å². The van der Waals surface area contributed by atoms with Crippen LogP contribution in [0.15, 0.2) is 53.6 Å². The number of hydrogen-bond acceptors (Lipinski definition) is 4. The van der Waals surface area contributed by atoms with Crippen molar-refractivity contribution in [2.45, 2.75) is 17.7 Å². The molecule has 0 spiro atoms. The first-order valence-corrected chi connectivity index (χ1v) is 8.19. The van der Waals surface area contributed by atoms with Crippen LogP contribution in [0.25, 0.3) is 0 Å². The molecule has 1 aromatic carbocycles. The third-order valence-corrected chi connectivity index (χ3v) is 4.67. The highest BCUT2D eigenvalue weighted by molar-refractivity contribution is 7.89. The average molecular weight is 305 g/mol. The van der Waals surface area contributed by atoms with Crippen LogP contribution < -0.4 is 10.0 Å². The summed E-state index contributed by atoms with van der Waals surface area (Å²) in [4.78, 5) is 4.22. The summed E-state index contributed by atoms with van der Waals surface area (Å²) in [5.74, 6) is 0.626. The lowest BCUT2D eigenvalue weighted by Crippen LogP contribution is -2.27. The predicted octanol–water partition coefficient (Wildman–Crippen LogP) is 2.21. The highest BCUT2D eigenvalue weighted by Crippen LogP contribution is 2.16. The van der Waals surface area contributed by atoms with Crippen LogP contribution in [0.4, 0.5) is 5.82 Å². The molecule has 0 bridgehead atoms. The lowest BCUT2D eigenvalue weighted by Gasteiger charge is -2.13. The number of rotatable bonds is 6. The molecular weight excluding hydrogens is 286 g/mol. The Morgan fingerprint density at radius 2 is 1.90 bits per heavy atom. The van der Waals surface area contributed by atoms with Crippen LogP contribution in [0.5, 0.6) is 0 Å². The fourth-order valence-corrected chi connectivity index (χ4v) is 3.08. The Morgan fingerprint density at radius 1 is 1.19 bits per heavy atom. The molecule has 0 amide bonds. The minimum atomic E-state index is -3.53. The number of hydrogen-bond donors (Lipinski definition) is 2. The topological polar surface area (TPSA) is 71.1 Å². The summed E-state index contributed by atoms with van der Waals surface area (Å²) in [5, 5.41) is 2.83. The maximum absolute atomic E-state index is 12.3. The van der Waals surface area contributed by atoms with E-state index in [-0.39, 0.29) is 10.8 Å². The molecule has 0 saturated heterocycles. The van der Waals surface area contributed by atoms with Crippen LogP contribution in [0.1, 0.15) is 18.4 Å². The van der Waals surface area contributed by atoms with E-state index in [0.29, 0.717) is 12.4 Å². The number of pyridine rings is 1. The Labute approximate surface area is 125 Å². The zero-order valence-corrected chi connectivity index (χ0v) is 12.9. The molecule has 2 N–H and O–H groups in total. The zero-order chi connectivity index (χ0) is 15.3. The third-order valence-electron chi connectivity index (χ3n) is 3.25. The molecule has 2 aromatic rings. The van der Waals surface area contributed by atoms with Crippen LogP contribution >= 0.6 is 0 Å². The maximum Gasteiger partial charge on any atom is 0.240 e. The van der Waals surface area contributed by atoms with Gasteiger partial charge in [0.05, 0.1) is 4.90 Å². The molecule has 1 aromatic heterocycles. The molecule has 0 fully saturated rings. The molecule has 6 heteroatoms. The SMILES string of the molecule is CNc1cc(S(=O)(=O)NCC(C)c2ccccc2)ccn1. The summed E-state index contributed by atoms with van der Waals surface area (Å²) in [7, 11) is -1.83. The first kappa shape index (κ1) is 15.5. The summed E-state index contributed by atoms with van der Waals surface area (Å²) < 4.78 is 27.2.